The molecule has 1 amide bonds. The number of nitrogens with zero attached hydrogens (tertiary/aromatic N) is 2. The van der Waals surface area contributed by atoms with Crippen LogP contribution in [0.5, 0.6) is 5.75 Å². The van der Waals surface area contributed by atoms with Crippen LogP contribution in [-0.4, -0.2) is 44.1 Å². The zero-order valence-electron chi connectivity index (χ0n) is 14.1. The first-order valence-corrected chi connectivity index (χ1v) is 6.90. The second-order valence-electron chi connectivity index (χ2n) is 5.93. The Balaban J connectivity index is 0.00000400. The Kier molecular flexibility index (Phi) is 7.75. The maximum absolute atomic E-state index is 11.9. The zero-order valence-corrected chi connectivity index (χ0v) is 14.9. The molecule has 0 aliphatic rings. The number of carbonyl (C=O) groups is 1. The van der Waals surface area contributed by atoms with Crippen molar-refractivity contribution in [1.82, 2.24) is 9.80 Å². The van der Waals surface area contributed by atoms with Crippen molar-refractivity contribution in [3.8, 4) is 5.75 Å². The quantitative estimate of drug-likeness (QED) is 0.850. The summed E-state index contributed by atoms with van der Waals surface area (Å²) < 4.78 is 5.64. The fraction of sp³-hybridized carbons (Fsp3) is 0.562. The molecule has 0 saturated carbocycles. The molecular formula is C16H27ClN2O2. The molecule has 120 valence electrons. The van der Waals surface area contributed by atoms with E-state index in [1.54, 1.807) is 14.1 Å². The molecule has 0 bridgehead atoms. The highest BCUT2D eigenvalue weighted by atomic mass is 35.5. The second-order valence-corrected chi connectivity index (χ2v) is 5.93. The molecule has 1 rings (SSSR count). The van der Waals surface area contributed by atoms with Gasteiger partial charge in [-0.25, -0.2) is 4.79 Å². The maximum Gasteiger partial charge on any atom is 0.414 e. The van der Waals surface area contributed by atoms with Gasteiger partial charge in [-0.05, 0) is 38.1 Å². The van der Waals surface area contributed by atoms with Gasteiger partial charge in [0.25, 0.3) is 0 Å². The van der Waals surface area contributed by atoms with Crippen LogP contribution in [0.15, 0.2) is 12.1 Å². The SMILES string of the molecule is Cc1ccc(C(C)C)c(OC(=O)N(C)C)c1CN(C)C.Cl. The van der Waals surface area contributed by atoms with Crippen molar-refractivity contribution in [2.45, 2.75) is 33.2 Å². The summed E-state index contributed by atoms with van der Waals surface area (Å²) in [6, 6.07) is 4.15. The van der Waals surface area contributed by atoms with E-state index in [1.807, 2.05) is 14.1 Å². The summed E-state index contributed by atoms with van der Waals surface area (Å²) in [5, 5.41) is 0. The van der Waals surface area contributed by atoms with E-state index in [0.29, 0.717) is 11.7 Å². The predicted octanol–water partition coefficient (Wildman–Crippen LogP) is 3.66. The van der Waals surface area contributed by atoms with Crippen LogP contribution in [0.3, 0.4) is 0 Å². The smallest absolute Gasteiger partial charge is 0.410 e. The Morgan fingerprint density at radius 2 is 1.76 bits per heavy atom. The molecule has 1 aromatic rings. The van der Waals surface area contributed by atoms with E-state index in [2.05, 4.69) is 37.8 Å². The number of halogens is 1. The molecule has 0 aliphatic carbocycles. The summed E-state index contributed by atoms with van der Waals surface area (Å²) in [5.41, 5.74) is 3.30. The minimum atomic E-state index is -0.336. The Bertz CT molecular complexity index is 485. The number of rotatable bonds is 4. The van der Waals surface area contributed by atoms with Crippen molar-refractivity contribution in [2.24, 2.45) is 0 Å². The topological polar surface area (TPSA) is 32.8 Å². The Morgan fingerprint density at radius 1 is 1.19 bits per heavy atom. The number of carbonyl (C=O) groups excluding carboxylic acids is 1. The normalized spacial score (nSPS) is 10.5. The van der Waals surface area contributed by atoms with Crippen LogP contribution in [-0.2, 0) is 6.54 Å². The van der Waals surface area contributed by atoms with Gasteiger partial charge in [-0.15, -0.1) is 12.4 Å². The lowest BCUT2D eigenvalue weighted by Gasteiger charge is -2.22. The largest absolute Gasteiger partial charge is 0.414 e. The average Bonchev–Trinajstić information content (AvgIpc) is 2.32. The summed E-state index contributed by atoms with van der Waals surface area (Å²) in [6.07, 6.45) is -0.336. The Hall–Kier alpha value is -1.26. The highest BCUT2D eigenvalue weighted by Gasteiger charge is 2.19. The average molecular weight is 315 g/mol. The first-order chi connectivity index (χ1) is 9.23. The van der Waals surface area contributed by atoms with Gasteiger partial charge in [0.05, 0.1) is 0 Å². The van der Waals surface area contributed by atoms with E-state index in [0.717, 1.165) is 23.2 Å². The molecule has 0 radical (unpaired) electrons. The number of amides is 1. The van der Waals surface area contributed by atoms with E-state index >= 15 is 0 Å². The molecule has 4 nitrogen and oxygen atoms in total. The standard InChI is InChI=1S/C16H26N2O2.ClH/c1-11(2)13-9-8-12(3)14(10-17(4)5)15(13)20-16(19)18(6)7;/h8-9,11H,10H2,1-7H3;1H. The van der Waals surface area contributed by atoms with E-state index in [1.165, 1.54) is 4.90 Å². The number of benzene rings is 1. The van der Waals surface area contributed by atoms with Crippen LogP contribution >= 0.6 is 12.4 Å². The zero-order chi connectivity index (χ0) is 15.4. The fourth-order valence-electron chi connectivity index (χ4n) is 2.01. The molecule has 0 atom stereocenters. The highest BCUT2D eigenvalue weighted by molar-refractivity contribution is 5.85. The van der Waals surface area contributed by atoms with Crippen molar-refractivity contribution in [3.63, 3.8) is 0 Å². The summed E-state index contributed by atoms with van der Waals surface area (Å²) in [6.45, 7) is 7.02. The van der Waals surface area contributed by atoms with Crippen LogP contribution in [0.25, 0.3) is 0 Å². The number of hydrogen-bond acceptors (Lipinski definition) is 3. The van der Waals surface area contributed by atoms with Crippen molar-refractivity contribution in [3.05, 3.63) is 28.8 Å². The summed E-state index contributed by atoms with van der Waals surface area (Å²) >= 11 is 0. The van der Waals surface area contributed by atoms with Gasteiger partial charge in [0, 0.05) is 26.2 Å². The van der Waals surface area contributed by atoms with Crippen LogP contribution in [0.1, 0.15) is 36.5 Å². The first kappa shape index (κ1) is 19.7. The molecule has 21 heavy (non-hydrogen) atoms. The molecule has 0 heterocycles. The third-order valence-corrected chi connectivity index (χ3v) is 3.18. The van der Waals surface area contributed by atoms with E-state index in [9.17, 15) is 4.79 Å². The number of ether oxygens (including phenoxy) is 1. The van der Waals surface area contributed by atoms with Crippen LogP contribution in [0.2, 0.25) is 0 Å². The Labute approximate surface area is 134 Å². The second kappa shape index (κ2) is 8.25. The van der Waals surface area contributed by atoms with Gasteiger partial charge in [-0.1, -0.05) is 26.0 Å². The van der Waals surface area contributed by atoms with Crippen molar-refractivity contribution in [2.75, 3.05) is 28.2 Å². The lowest BCUT2D eigenvalue weighted by atomic mass is 9.95. The molecule has 0 N–H and O–H groups in total. The number of aryl methyl sites for hydroxylation is 1. The van der Waals surface area contributed by atoms with Gasteiger partial charge >= 0.3 is 6.09 Å². The third kappa shape index (κ3) is 5.21. The molecule has 0 unspecified atom stereocenters. The molecule has 0 spiro atoms. The predicted molar refractivity (Wildman–Crippen MR) is 89.6 cm³/mol. The maximum atomic E-state index is 11.9. The van der Waals surface area contributed by atoms with Crippen molar-refractivity contribution in [1.29, 1.82) is 0 Å². The monoisotopic (exact) mass is 314 g/mol. The molecule has 0 saturated heterocycles. The fourth-order valence-corrected chi connectivity index (χ4v) is 2.01. The van der Waals surface area contributed by atoms with Crippen LogP contribution < -0.4 is 4.74 Å². The van der Waals surface area contributed by atoms with E-state index < -0.39 is 0 Å². The van der Waals surface area contributed by atoms with Crippen LogP contribution in [0, 0.1) is 6.92 Å². The summed E-state index contributed by atoms with van der Waals surface area (Å²) in [7, 11) is 7.41. The van der Waals surface area contributed by atoms with Gasteiger partial charge in [-0.2, -0.15) is 0 Å². The molecule has 1 aromatic carbocycles. The third-order valence-electron chi connectivity index (χ3n) is 3.18. The van der Waals surface area contributed by atoms with Gasteiger partial charge in [0.2, 0.25) is 0 Å². The lowest BCUT2D eigenvalue weighted by molar-refractivity contribution is 0.170. The number of hydrogen-bond donors (Lipinski definition) is 0. The highest BCUT2D eigenvalue weighted by Crippen LogP contribution is 2.33. The lowest BCUT2D eigenvalue weighted by Crippen LogP contribution is -2.27. The molecule has 0 aromatic heterocycles. The summed E-state index contributed by atoms with van der Waals surface area (Å²) in [5.74, 6) is 1.02. The first-order valence-electron chi connectivity index (χ1n) is 6.90. The Morgan fingerprint density at radius 3 is 2.19 bits per heavy atom. The van der Waals surface area contributed by atoms with Gasteiger partial charge in [0.1, 0.15) is 5.75 Å². The van der Waals surface area contributed by atoms with Gasteiger partial charge in [-0.3, -0.25) is 0 Å². The van der Waals surface area contributed by atoms with Crippen molar-refractivity contribution < 1.29 is 9.53 Å². The van der Waals surface area contributed by atoms with E-state index in [4.69, 9.17) is 4.74 Å². The van der Waals surface area contributed by atoms with Gasteiger partial charge in [0.15, 0.2) is 0 Å². The van der Waals surface area contributed by atoms with E-state index in [-0.39, 0.29) is 18.5 Å². The van der Waals surface area contributed by atoms with Gasteiger partial charge < -0.3 is 14.5 Å². The minimum absolute atomic E-state index is 0. The molecule has 5 heteroatoms. The molecular weight excluding hydrogens is 288 g/mol. The minimum Gasteiger partial charge on any atom is -0.410 e. The van der Waals surface area contributed by atoms with Crippen LogP contribution in [0.4, 0.5) is 4.79 Å². The molecule has 0 fully saturated rings. The summed E-state index contributed by atoms with van der Waals surface area (Å²) in [4.78, 5) is 15.5. The van der Waals surface area contributed by atoms with Crippen molar-refractivity contribution >= 4 is 18.5 Å². The molecule has 0 aliphatic heterocycles.